The van der Waals surface area contributed by atoms with E-state index in [1.165, 1.54) is 7.11 Å². The number of esters is 1. The largest absolute Gasteiger partial charge is 0.494 e. The van der Waals surface area contributed by atoms with Gasteiger partial charge in [-0.1, -0.05) is 0 Å². The van der Waals surface area contributed by atoms with E-state index in [0.717, 1.165) is 12.1 Å². The molecule has 0 atom stereocenters. The second kappa shape index (κ2) is 7.57. The number of halogens is 2. The number of ketones is 1. The molecule has 0 bridgehead atoms. The number of methoxy groups -OCH3 is 1. The number of carbonyl (C=O) groups excluding carboxylic acids is 2. The summed E-state index contributed by atoms with van der Waals surface area (Å²) in [6.07, 6.45) is 0.242. The van der Waals surface area contributed by atoms with E-state index in [9.17, 15) is 18.4 Å². The SMILES string of the molecule is CCOC(=O)CCCC(=O)c1cc(F)c(OC)cc1F. The number of hydrogen-bond donors (Lipinski definition) is 0. The third-order valence-electron chi connectivity index (χ3n) is 2.63. The fraction of sp³-hybridized carbons (Fsp3) is 0.429. The molecular weight excluding hydrogens is 270 g/mol. The molecular formula is C14H16F2O4. The van der Waals surface area contributed by atoms with Crippen molar-refractivity contribution in [3.63, 3.8) is 0 Å². The van der Waals surface area contributed by atoms with E-state index in [1.54, 1.807) is 6.92 Å². The first-order valence-corrected chi connectivity index (χ1v) is 6.21. The van der Waals surface area contributed by atoms with Gasteiger partial charge in [0.25, 0.3) is 0 Å². The van der Waals surface area contributed by atoms with E-state index in [-0.39, 0.29) is 37.2 Å². The van der Waals surface area contributed by atoms with Crippen LogP contribution >= 0.6 is 0 Å². The van der Waals surface area contributed by atoms with E-state index >= 15 is 0 Å². The molecule has 20 heavy (non-hydrogen) atoms. The van der Waals surface area contributed by atoms with Gasteiger partial charge in [0.15, 0.2) is 17.3 Å². The molecule has 1 aromatic rings. The van der Waals surface area contributed by atoms with Crippen molar-refractivity contribution in [2.45, 2.75) is 26.2 Å². The van der Waals surface area contributed by atoms with Gasteiger partial charge >= 0.3 is 5.97 Å². The van der Waals surface area contributed by atoms with Crippen LogP contribution in [0.4, 0.5) is 8.78 Å². The minimum Gasteiger partial charge on any atom is -0.494 e. The summed E-state index contributed by atoms with van der Waals surface area (Å²) in [7, 11) is 1.21. The molecule has 110 valence electrons. The normalized spacial score (nSPS) is 10.2. The van der Waals surface area contributed by atoms with E-state index in [4.69, 9.17) is 4.74 Å². The van der Waals surface area contributed by atoms with Crippen molar-refractivity contribution in [1.82, 2.24) is 0 Å². The number of Topliss-reactive ketones (excluding diaryl/α,β-unsaturated/α-hetero) is 1. The molecule has 1 aromatic carbocycles. The van der Waals surface area contributed by atoms with Crippen LogP contribution in [0.2, 0.25) is 0 Å². The van der Waals surface area contributed by atoms with Crippen LogP contribution in [0.15, 0.2) is 12.1 Å². The minimum atomic E-state index is -0.843. The smallest absolute Gasteiger partial charge is 0.305 e. The predicted octanol–water partition coefficient (Wildman–Crippen LogP) is 2.89. The first-order chi connectivity index (χ1) is 9.49. The lowest BCUT2D eigenvalue weighted by molar-refractivity contribution is -0.143. The van der Waals surface area contributed by atoms with Crippen LogP contribution in [-0.4, -0.2) is 25.5 Å². The quantitative estimate of drug-likeness (QED) is 0.571. The highest BCUT2D eigenvalue weighted by Crippen LogP contribution is 2.22. The van der Waals surface area contributed by atoms with Gasteiger partial charge in [-0.15, -0.1) is 0 Å². The third-order valence-corrected chi connectivity index (χ3v) is 2.63. The van der Waals surface area contributed by atoms with Gasteiger partial charge < -0.3 is 9.47 Å². The Morgan fingerprint density at radius 3 is 2.45 bits per heavy atom. The molecule has 0 amide bonds. The zero-order valence-electron chi connectivity index (χ0n) is 11.4. The molecule has 4 nitrogen and oxygen atoms in total. The molecule has 0 saturated heterocycles. The van der Waals surface area contributed by atoms with Gasteiger partial charge in [-0.25, -0.2) is 8.78 Å². The molecule has 0 radical (unpaired) electrons. The Labute approximate surface area is 115 Å². The van der Waals surface area contributed by atoms with Gasteiger partial charge in [0.2, 0.25) is 0 Å². The summed E-state index contributed by atoms with van der Waals surface area (Å²) >= 11 is 0. The summed E-state index contributed by atoms with van der Waals surface area (Å²) in [5, 5.41) is 0. The maximum Gasteiger partial charge on any atom is 0.305 e. The Hall–Kier alpha value is -1.98. The van der Waals surface area contributed by atoms with Gasteiger partial charge in [-0.3, -0.25) is 9.59 Å². The molecule has 0 N–H and O–H groups in total. The van der Waals surface area contributed by atoms with Crippen LogP contribution < -0.4 is 4.74 Å². The van der Waals surface area contributed by atoms with Crippen LogP contribution in [0.3, 0.4) is 0 Å². The van der Waals surface area contributed by atoms with E-state index in [0.29, 0.717) is 0 Å². The molecule has 0 aliphatic carbocycles. The van der Waals surface area contributed by atoms with Crippen LogP contribution in [-0.2, 0) is 9.53 Å². The number of carbonyl (C=O) groups is 2. The first-order valence-electron chi connectivity index (χ1n) is 6.21. The highest BCUT2D eigenvalue weighted by atomic mass is 19.1. The second-order valence-corrected chi connectivity index (χ2v) is 4.05. The van der Waals surface area contributed by atoms with Gasteiger partial charge in [-0.2, -0.15) is 0 Å². The van der Waals surface area contributed by atoms with Gasteiger partial charge in [-0.05, 0) is 19.4 Å². The number of hydrogen-bond acceptors (Lipinski definition) is 4. The Morgan fingerprint density at radius 1 is 1.15 bits per heavy atom. The van der Waals surface area contributed by atoms with Gasteiger partial charge in [0.05, 0.1) is 19.3 Å². The minimum absolute atomic E-state index is 0.0541. The van der Waals surface area contributed by atoms with Gasteiger partial charge in [0, 0.05) is 18.9 Å². The number of ether oxygens (including phenoxy) is 2. The van der Waals surface area contributed by atoms with E-state index in [1.807, 2.05) is 0 Å². The summed E-state index contributed by atoms with van der Waals surface area (Å²) < 4.78 is 36.4. The average Bonchev–Trinajstić information content (AvgIpc) is 2.41. The van der Waals surface area contributed by atoms with E-state index < -0.39 is 23.4 Å². The summed E-state index contributed by atoms with van der Waals surface area (Å²) in [5.41, 5.74) is -0.341. The lowest BCUT2D eigenvalue weighted by Crippen LogP contribution is -2.07. The molecule has 0 heterocycles. The molecule has 6 heteroatoms. The zero-order valence-corrected chi connectivity index (χ0v) is 11.4. The predicted molar refractivity (Wildman–Crippen MR) is 67.7 cm³/mol. The van der Waals surface area contributed by atoms with Crippen LogP contribution in [0.25, 0.3) is 0 Å². The number of benzene rings is 1. The first kappa shape index (κ1) is 16.1. The van der Waals surface area contributed by atoms with Crippen molar-refractivity contribution in [2.75, 3.05) is 13.7 Å². The highest BCUT2D eigenvalue weighted by molar-refractivity contribution is 5.96. The lowest BCUT2D eigenvalue weighted by Gasteiger charge is -2.06. The Balaban J connectivity index is 2.64. The van der Waals surface area contributed by atoms with Gasteiger partial charge in [0.1, 0.15) is 5.82 Å². The second-order valence-electron chi connectivity index (χ2n) is 4.05. The van der Waals surface area contributed by atoms with Crippen molar-refractivity contribution in [2.24, 2.45) is 0 Å². The summed E-state index contributed by atoms with van der Waals surface area (Å²) in [5.74, 6) is -2.88. The van der Waals surface area contributed by atoms with Crippen LogP contribution in [0.1, 0.15) is 36.5 Å². The third kappa shape index (κ3) is 4.29. The molecule has 0 aliphatic rings. The molecule has 0 saturated carbocycles. The summed E-state index contributed by atoms with van der Waals surface area (Å²) in [6.45, 7) is 1.95. The zero-order chi connectivity index (χ0) is 15.1. The average molecular weight is 286 g/mol. The van der Waals surface area contributed by atoms with E-state index in [2.05, 4.69) is 4.74 Å². The van der Waals surface area contributed by atoms with Crippen molar-refractivity contribution in [1.29, 1.82) is 0 Å². The van der Waals surface area contributed by atoms with Crippen LogP contribution in [0, 0.1) is 11.6 Å². The molecule has 1 rings (SSSR count). The molecule has 0 fully saturated rings. The van der Waals surface area contributed by atoms with Crippen molar-refractivity contribution >= 4 is 11.8 Å². The summed E-state index contributed by atoms with van der Waals surface area (Å²) in [6, 6.07) is 1.63. The maximum absolute atomic E-state index is 13.6. The highest BCUT2D eigenvalue weighted by Gasteiger charge is 2.16. The molecule has 0 unspecified atom stereocenters. The monoisotopic (exact) mass is 286 g/mol. The Morgan fingerprint density at radius 2 is 1.85 bits per heavy atom. The standard InChI is InChI=1S/C14H16F2O4/c1-3-20-14(18)6-4-5-12(17)9-7-11(16)13(19-2)8-10(9)15/h7-8H,3-6H2,1-2H3. The molecule has 0 aliphatic heterocycles. The van der Waals surface area contributed by atoms with Crippen molar-refractivity contribution < 1.29 is 27.8 Å². The number of rotatable bonds is 7. The fourth-order valence-electron chi connectivity index (χ4n) is 1.66. The maximum atomic E-state index is 13.6. The summed E-state index contributed by atoms with van der Waals surface area (Å²) in [4.78, 5) is 22.8. The molecule has 0 spiro atoms. The fourth-order valence-corrected chi connectivity index (χ4v) is 1.66. The van der Waals surface area contributed by atoms with Crippen LogP contribution in [0.5, 0.6) is 5.75 Å². The Kier molecular flexibility index (Phi) is 6.09. The lowest BCUT2D eigenvalue weighted by atomic mass is 10.0. The topological polar surface area (TPSA) is 52.6 Å². The van der Waals surface area contributed by atoms with Crippen molar-refractivity contribution in [3.05, 3.63) is 29.3 Å². The van der Waals surface area contributed by atoms with Crippen molar-refractivity contribution in [3.8, 4) is 5.75 Å². The Bertz CT molecular complexity index is 500. The molecule has 0 aromatic heterocycles.